The molecule has 0 aliphatic carbocycles. The van der Waals surface area contributed by atoms with Gasteiger partial charge in [0, 0.05) is 16.1 Å². The smallest absolute Gasteiger partial charge is 0.245 e. The minimum absolute atomic E-state index is 0.0246. The molecule has 2 aromatic carbocycles. The molecule has 0 amide bonds. The van der Waals surface area contributed by atoms with Crippen molar-refractivity contribution in [2.75, 3.05) is 7.11 Å². The van der Waals surface area contributed by atoms with Crippen LogP contribution in [-0.2, 0) is 0 Å². The third-order valence-electron chi connectivity index (χ3n) is 4.24. The van der Waals surface area contributed by atoms with Crippen molar-refractivity contribution in [1.29, 1.82) is 0 Å². The quantitative estimate of drug-likeness (QED) is 0.693. The lowest BCUT2D eigenvalue weighted by Crippen LogP contribution is -2.26. The molecule has 128 valence electrons. The van der Waals surface area contributed by atoms with Crippen molar-refractivity contribution < 1.29 is 9.26 Å². The fourth-order valence-electron chi connectivity index (χ4n) is 2.89. The highest BCUT2D eigenvalue weighted by molar-refractivity contribution is 9.10. The number of hydrogen-bond donors (Lipinski definition) is 2. The van der Waals surface area contributed by atoms with Crippen molar-refractivity contribution >= 4 is 15.9 Å². The lowest BCUT2D eigenvalue weighted by Gasteiger charge is -2.09. The Bertz CT molecular complexity index is 866. The van der Waals surface area contributed by atoms with Gasteiger partial charge in [0.25, 0.3) is 0 Å². The van der Waals surface area contributed by atoms with Crippen LogP contribution in [-0.4, -0.2) is 17.3 Å². The van der Waals surface area contributed by atoms with Gasteiger partial charge in [0.15, 0.2) is 0 Å². The second kappa shape index (κ2) is 6.95. The maximum atomic E-state index is 5.46. The van der Waals surface area contributed by atoms with Crippen molar-refractivity contribution in [1.82, 2.24) is 21.0 Å². The number of hydrogen-bond acceptors (Lipinski definition) is 6. The van der Waals surface area contributed by atoms with Gasteiger partial charge >= 0.3 is 0 Å². The van der Waals surface area contributed by atoms with E-state index in [0.717, 1.165) is 22.2 Å². The molecule has 1 fully saturated rings. The van der Waals surface area contributed by atoms with Crippen LogP contribution in [0.15, 0.2) is 57.5 Å². The van der Waals surface area contributed by atoms with Crippen LogP contribution in [0.5, 0.6) is 5.75 Å². The van der Waals surface area contributed by atoms with E-state index in [0.29, 0.717) is 11.7 Å². The van der Waals surface area contributed by atoms with Gasteiger partial charge in [-0.2, -0.15) is 4.98 Å². The molecule has 2 unspecified atom stereocenters. The van der Waals surface area contributed by atoms with Gasteiger partial charge in [-0.05, 0) is 48.4 Å². The Morgan fingerprint density at radius 3 is 2.68 bits per heavy atom. The third-order valence-corrected chi connectivity index (χ3v) is 4.74. The van der Waals surface area contributed by atoms with E-state index in [4.69, 9.17) is 9.26 Å². The van der Waals surface area contributed by atoms with E-state index in [2.05, 4.69) is 49.1 Å². The zero-order valence-corrected chi connectivity index (χ0v) is 15.2. The van der Waals surface area contributed by atoms with Crippen LogP contribution in [0.2, 0.25) is 0 Å². The molecule has 0 radical (unpaired) electrons. The van der Waals surface area contributed by atoms with Gasteiger partial charge < -0.3 is 9.26 Å². The summed E-state index contributed by atoms with van der Waals surface area (Å²) in [6.45, 7) is 0. The van der Waals surface area contributed by atoms with Crippen molar-refractivity contribution in [3.8, 4) is 17.1 Å². The van der Waals surface area contributed by atoms with Crippen molar-refractivity contribution in [3.05, 3.63) is 64.5 Å². The van der Waals surface area contributed by atoms with Gasteiger partial charge in [-0.25, -0.2) is 10.9 Å². The van der Waals surface area contributed by atoms with Gasteiger partial charge in [0.1, 0.15) is 11.8 Å². The van der Waals surface area contributed by atoms with Crippen molar-refractivity contribution in [3.63, 3.8) is 0 Å². The van der Waals surface area contributed by atoms with E-state index in [1.807, 2.05) is 36.4 Å². The molecule has 1 aliphatic rings. The number of ether oxygens (including phenoxy) is 1. The first-order valence-electron chi connectivity index (χ1n) is 7.97. The number of halogens is 1. The Morgan fingerprint density at radius 1 is 1.12 bits per heavy atom. The Kier molecular flexibility index (Phi) is 4.52. The van der Waals surface area contributed by atoms with Crippen LogP contribution in [0, 0.1) is 0 Å². The number of aromatic nitrogens is 2. The molecular weight excluding hydrogens is 384 g/mol. The second-order valence-corrected chi connectivity index (χ2v) is 6.78. The first-order chi connectivity index (χ1) is 12.2. The fourth-order valence-corrected chi connectivity index (χ4v) is 3.31. The van der Waals surface area contributed by atoms with Gasteiger partial charge in [-0.1, -0.05) is 33.2 Å². The average molecular weight is 401 g/mol. The highest BCUT2D eigenvalue weighted by Crippen LogP contribution is 2.32. The zero-order valence-electron chi connectivity index (χ0n) is 13.6. The molecule has 1 aliphatic heterocycles. The number of methoxy groups -OCH3 is 1. The molecule has 3 aromatic rings. The van der Waals surface area contributed by atoms with E-state index < -0.39 is 0 Å². The predicted molar refractivity (Wildman–Crippen MR) is 96.8 cm³/mol. The van der Waals surface area contributed by atoms with Crippen LogP contribution in [0.3, 0.4) is 0 Å². The highest BCUT2D eigenvalue weighted by Gasteiger charge is 2.30. The minimum Gasteiger partial charge on any atom is -0.497 e. The first-order valence-corrected chi connectivity index (χ1v) is 8.77. The minimum atomic E-state index is -0.0246. The van der Waals surface area contributed by atoms with Crippen molar-refractivity contribution in [2.45, 2.75) is 18.5 Å². The van der Waals surface area contributed by atoms with Gasteiger partial charge in [-0.15, -0.1) is 0 Å². The molecule has 25 heavy (non-hydrogen) atoms. The summed E-state index contributed by atoms with van der Waals surface area (Å²) in [5.74, 6) is 1.95. The van der Waals surface area contributed by atoms with Crippen LogP contribution < -0.4 is 15.6 Å². The summed E-state index contributed by atoms with van der Waals surface area (Å²) in [5.41, 5.74) is 8.64. The molecule has 0 spiro atoms. The van der Waals surface area contributed by atoms with E-state index in [1.54, 1.807) is 7.11 Å². The maximum Gasteiger partial charge on any atom is 0.245 e. The Hall–Kier alpha value is -2.22. The fraction of sp³-hybridized carbons (Fsp3) is 0.222. The molecule has 1 saturated heterocycles. The lowest BCUT2D eigenvalue weighted by atomic mass is 10.0. The first kappa shape index (κ1) is 16.3. The zero-order chi connectivity index (χ0) is 17.2. The van der Waals surface area contributed by atoms with Crippen LogP contribution >= 0.6 is 15.9 Å². The summed E-state index contributed by atoms with van der Waals surface area (Å²) in [6.07, 6.45) is 0.834. The standard InChI is InChI=1S/C18H17BrN4O2/c1-24-14-7-5-11(6-8-14)17-20-18(25-23-17)16-10-15(21-22-16)12-3-2-4-13(19)9-12/h2-9,15-16,21-22H,10H2,1H3. The molecule has 0 bridgehead atoms. The number of rotatable bonds is 4. The molecule has 6 nitrogen and oxygen atoms in total. The van der Waals surface area contributed by atoms with Gasteiger partial charge in [0.2, 0.25) is 11.7 Å². The largest absolute Gasteiger partial charge is 0.497 e. The predicted octanol–water partition coefficient (Wildman–Crippen LogP) is 3.79. The molecule has 4 rings (SSSR count). The van der Waals surface area contributed by atoms with E-state index in [1.165, 1.54) is 5.56 Å². The van der Waals surface area contributed by atoms with E-state index >= 15 is 0 Å². The molecule has 2 atom stereocenters. The highest BCUT2D eigenvalue weighted by atomic mass is 79.9. The summed E-state index contributed by atoms with van der Waals surface area (Å²) in [5, 5.41) is 4.10. The molecule has 2 heterocycles. The lowest BCUT2D eigenvalue weighted by molar-refractivity contribution is 0.340. The van der Waals surface area contributed by atoms with Crippen LogP contribution in [0.25, 0.3) is 11.4 Å². The average Bonchev–Trinajstić information content (AvgIpc) is 3.31. The van der Waals surface area contributed by atoms with Crippen LogP contribution in [0.1, 0.15) is 30.0 Å². The number of hydrazine groups is 1. The van der Waals surface area contributed by atoms with E-state index in [-0.39, 0.29) is 12.1 Å². The third kappa shape index (κ3) is 3.44. The molecule has 0 saturated carbocycles. The van der Waals surface area contributed by atoms with Crippen molar-refractivity contribution in [2.24, 2.45) is 0 Å². The second-order valence-electron chi connectivity index (χ2n) is 5.87. The molecular formula is C18H17BrN4O2. The molecule has 1 aromatic heterocycles. The summed E-state index contributed by atoms with van der Waals surface area (Å²) < 4.78 is 11.7. The number of nitrogens with one attached hydrogen (secondary N) is 2. The topological polar surface area (TPSA) is 72.2 Å². The Morgan fingerprint density at radius 2 is 1.92 bits per heavy atom. The summed E-state index contributed by atoms with van der Waals surface area (Å²) >= 11 is 3.51. The van der Waals surface area contributed by atoms with Gasteiger partial charge in [0.05, 0.1) is 7.11 Å². The van der Waals surface area contributed by atoms with E-state index in [9.17, 15) is 0 Å². The summed E-state index contributed by atoms with van der Waals surface area (Å²) in [6, 6.07) is 16.0. The number of nitrogens with zero attached hydrogens (tertiary/aromatic N) is 2. The van der Waals surface area contributed by atoms with Crippen LogP contribution in [0.4, 0.5) is 0 Å². The monoisotopic (exact) mass is 400 g/mol. The SMILES string of the molecule is COc1ccc(-c2noc(C3CC(c4cccc(Br)c4)NN3)n2)cc1. The molecule has 2 N–H and O–H groups in total. The summed E-state index contributed by atoms with van der Waals surface area (Å²) in [4.78, 5) is 4.53. The Balaban J connectivity index is 1.49. The van der Waals surface area contributed by atoms with Gasteiger partial charge in [-0.3, -0.25) is 0 Å². The Labute approximate surface area is 153 Å². The molecule has 7 heteroatoms. The summed E-state index contributed by atoms with van der Waals surface area (Å²) in [7, 11) is 1.64. The maximum absolute atomic E-state index is 5.46. The number of benzene rings is 2. The normalized spacial score (nSPS) is 19.9.